The van der Waals surface area contributed by atoms with Gasteiger partial charge in [-0.05, 0) is 67.2 Å². The minimum absolute atomic E-state index is 0.157. The van der Waals surface area contributed by atoms with Crippen molar-refractivity contribution < 1.29 is 17.6 Å². The highest BCUT2D eigenvalue weighted by atomic mass is 19.2. The number of halogens is 4. The van der Waals surface area contributed by atoms with Crippen LogP contribution >= 0.6 is 0 Å². The maximum Gasteiger partial charge on any atom is 0.162 e. The third kappa shape index (κ3) is 4.05. The first-order chi connectivity index (χ1) is 11.8. The molecule has 25 heavy (non-hydrogen) atoms. The molecule has 0 aliphatic rings. The topological polar surface area (TPSA) is 0 Å². The third-order valence-electron chi connectivity index (χ3n) is 5.02. The van der Waals surface area contributed by atoms with Crippen LogP contribution in [-0.4, -0.2) is 0 Å². The van der Waals surface area contributed by atoms with E-state index in [1.165, 1.54) is 13.8 Å². The van der Waals surface area contributed by atoms with Gasteiger partial charge in [0.15, 0.2) is 23.3 Å². The van der Waals surface area contributed by atoms with Crippen molar-refractivity contribution in [3.63, 3.8) is 0 Å². The number of aryl methyl sites for hydroxylation is 2. The highest BCUT2D eigenvalue weighted by Gasteiger charge is 2.21. The summed E-state index contributed by atoms with van der Waals surface area (Å²) < 4.78 is 55.9. The van der Waals surface area contributed by atoms with Gasteiger partial charge in [0.2, 0.25) is 0 Å². The predicted octanol–water partition coefficient (Wildman–Crippen LogP) is 6.94. The summed E-state index contributed by atoms with van der Waals surface area (Å²) in [7, 11) is 0. The fourth-order valence-corrected chi connectivity index (χ4v) is 3.20. The highest BCUT2D eigenvalue weighted by Crippen LogP contribution is 2.33. The van der Waals surface area contributed by atoms with Crippen molar-refractivity contribution in [2.45, 2.75) is 58.8 Å². The van der Waals surface area contributed by atoms with Crippen LogP contribution in [0.3, 0.4) is 0 Å². The van der Waals surface area contributed by atoms with Gasteiger partial charge in [-0.25, -0.2) is 17.6 Å². The number of benzene rings is 2. The first kappa shape index (κ1) is 19.5. The fourth-order valence-electron chi connectivity index (χ4n) is 3.20. The maximum atomic E-state index is 14.2. The van der Waals surface area contributed by atoms with E-state index in [-0.39, 0.29) is 23.0 Å². The third-order valence-corrected chi connectivity index (χ3v) is 5.02. The lowest BCUT2D eigenvalue weighted by atomic mass is 9.86. The van der Waals surface area contributed by atoms with Crippen LogP contribution in [0.2, 0.25) is 0 Å². The number of hydrogen-bond donors (Lipinski definition) is 0. The molecular formula is C21H24F4. The van der Waals surface area contributed by atoms with E-state index in [4.69, 9.17) is 0 Å². The Labute approximate surface area is 146 Å². The van der Waals surface area contributed by atoms with Crippen LogP contribution in [0.1, 0.15) is 67.2 Å². The second-order valence-corrected chi connectivity index (χ2v) is 6.78. The van der Waals surface area contributed by atoms with Crippen molar-refractivity contribution in [2.75, 3.05) is 0 Å². The van der Waals surface area contributed by atoms with Crippen LogP contribution in [0, 0.1) is 37.1 Å². The van der Waals surface area contributed by atoms with E-state index in [0.29, 0.717) is 30.4 Å². The van der Waals surface area contributed by atoms with Gasteiger partial charge in [0.1, 0.15) is 0 Å². The predicted molar refractivity (Wildman–Crippen MR) is 92.9 cm³/mol. The molecule has 0 heterocycles. The minimum atomic E-state index is -0.817. The molecule has 0 radical (unpaired) electrons. The Kier molecular flexibility index (Phi) is 6.26. The summed E-state index contributed by atoms with van der Waals surface area (Å²) >= 11 is 0. The fraction of sp³-hybridized carbons (Fsp3) is 0.429. The molecule has 0 N–H and O–H groups in total. The molecule has 0 saturated heterocycles. The van der Waals surface area contributed by atoms with Crippen LogP contribution in [0.15, 0.2) is 24.3 Å². The monoisotopic (exact) mass is 352 g/mol. The summed E-state index contributed by atoms with van der Waals surface area (Å²) in [6.45, 7) is 6.79. The average Bonchev–Trinajstić information content (AvgIpc) is 2.59. The largest absolute Gasteiger partial charge is 0.203 e. The molecule has 0 nitrogen and oxygen atoms in total. The Morgan fingerprint density at radius 2 is 1.20 bits per heavy atom. The second-order valence-electron chi connectivity index (χ2n) is 6.78. The van der Waals surface area contributed by atoms with Crippen molar-refractivity contribution >= 4 is 0 Å². The molecule has 2 unspecified atom stereocenters. The molecular weight excluding hydrogens is 328 g/mol. The molecule has 4 heteroatoms. The smallest absolute Gasteiger partial charge is 0.162 e. The molecule has 2 aromatic rings. The van der Waals surface area contributed by atoms with Crippen LogP contribution in [0.25, 0.3) is 0 Å². The SMILES string of the molecule is CCC(CCC(C)c1ccc(C)c(F)c1F)c1ccc(C)c(F)c1F. The van der Waals surface area contributed by atoms with E-state index in [1.54, 1.807) is 24.3 Å². The molecule has 0 bridgehead atoms. The molecule has 0 spiro atoms. The number of hydrogen-bond acceptors (Lipinski definition) is 0. The molecule has 0 saturated carbocycles. The van der Waals surface area contributed by atoms with Gasteiger partial charge in [0.05, 0.1) is 0 Å². The minimum Gasteiger partial charge on any atom is -0.203 e. The van der Waals surface area contributed by atoms with Crippen molar-refractivity contribution in [1.82, 2.24) is 0 Å². The van der Waals surface area contributed by atoms with E-state index in [9.17, 15) is 17.6 Å². The molecule has 0 aliphatic heterocycles. The Morgan fingerprint density at radius 3 is 1.72 bits per heavy atom. The quantitative estimate of drug-likeness (QED) is 0.494. The standard InChI is InChI=1S/C21H24F4/c1-5-15(17-11-8-14(4)19(23)21(17)25)9-6-12(2)16-10-7-13(3)18(22)20(16)24/h7-8,10-12,15H,5-6,9H2,1-4H3. The van der Waals surface area contributed by atoms with Gasteiger partial charge in [0.25, 0.3) is 0 Å². The van der Waals surface area contributed by atoms with Gasteiger partial charge in [-0.3, -0.25) is 0 Å². The summed E-state index contributed by atoms with van der Waals surface area (Å²) in [6.07, 6.45) is 1.79. The normalized spacial score (nSPS) is 13.8. The average molecular weight is 352 g/mol. The van der Waals surface area contributed by atoms with E-state index < -0.39 is 23.3 Å². The first-order valence-corrected chi connectivity index (χ1v) is 8.66. The molecule has 0 aliphatic carbocycles. The van der Waals surface area contributed by atoms with Gasteiger partial charge < -0.3 is 0 Å². The van der Waals surface area contributed by atoms with Crippen molar-refractivity contribution in [3.8, 4) is 0 Å². The molecule has 0 aromatic heterocycles. The number of rotatable bonds is 6. The van der Waals surface area contributed by atoms with E-state index >= 15 is 0 Å². The zero-order valence-corrected chi connectivity index (χ0v) is 15.1. The summed E-state index contributed by atoms with van der Waals surface area (Å²) in [6, 6.07) is 6.37. The van der Waals surface area contributed by atoms with Gasteiger partial charge in [-0.2, -0.15) is 0 Å². The lowest BCUT2D eigenvalue weighted by Crippen LogP contribution is -2.07. The first-order valence-electron chi connectivity index (χ1n) is 8.66. The summed E-state index contributed by atoms with van der Waals surface area (Å²) in [5, 5.41) is 0. The molecule has 2 aromatic carbocycles. The molecule has 136 valence electrons. The molecule has 0 fully saturated rings. The van der Waals surface area contributed by atoms with Gasteiger partial charge in [-0.15, -0.1) is 0 Å². The summed E-state index contributed by atoms with van der Waals surface area (Å²) in [4.78, 5) is 0. The maximum absolute atomic E-state index is 14.2. The van der Waals surface area contributed by atoms with Crippen LogP contribution in [-0.2, 0) is 0 Å². The van der Waals surface area contributed by atoms with Gasteiger partial charge >= 0.3 is 0 Å². The van der Waals surface area contributed by atoms with Crippen molar-refractivity contribution in [3.05, 3.63) is 69.8 Å². The van der Waals surface area contributed by atoms with Crippen molar-refractivity contribution in [2.24, 2.45) is 0 Å². The van der Waals surface area contributed by atoms with E-state index in [1.807, 2.05) is 13.8 Å². The molecule has 0 amide bonds. The molecule has 2 rings (SSSR count). The van der Waals surface area contributed by atoms with Crippen LogP contribution in [0.5, 0.6) is 0 Å². The van der Waals surface area contributed by atoms with Crippen LogP contribution < -0.4 is 0 Å². The zero-order chi connectivity index (χ0) is 18.7. The zero-order valence-electron chi connectivity index (χ0n) is 15.1. The summed E-state index contributed by atoms with van der Waals surface area (Å²) in [5.41, 5.74) is 1.24. The Bertz CT molecular complexity index is 752. The van der Waals surface area contributed by atoms with Crippen molar-refractivity contribution in [1.29, 1.82) is 0 Å². The lowest BCUT2D eigenvalue weighted by Gasteiger charge is -2.20. The Morgan fingerprint density at radius 1 is 0.720 bits per heavy atom. The van der Waals surface area contributed by atoms with E-state index in [0.717, 1.165) is 0 Å². The van der Waals surface area contributed by atoms with Gasteiger partial charge in [0, 0.05) is 0 Å². The van der Waals surface area contributed by atoms with Gasteiger partial charge in [-0.1, -0.05) is 38.1 Å². The highest BCUT2D eigenvalue weighted by molar-refractivity contribution is 5.29. The molecule has 2 atom stereocenters. The summed E-state index contributed by atoms with van der Waals surface area (Å²) in [5.74, 6) is -3.60. The van der Waals surface area contributed by atoms with E-state index in [2.05, 4.69) is 0 Å². The second kappa shape index (κ2) is 8.03. The Balaban J connectivity index is 2.16. The Hall–Kier alpha value is -1.84. The van der Waals surface area contributed by atoms with Crippen LogP contribution in [0.4, 0.5) is 17.6 Å². The lowest BCUT2D eigenvalue weighted by molar-refractivity contribution is 0.453.